The van der Waals surface area contributed by atoms with Gasteiger partial charge in [-0.1, -0.05) is 197 Å². The van der Waals surface area contributed by atoms with Gasteiger partial charge < -0.3 is 27.9 Å². The number of rotatable bonds is 45. The molecule has 0 amide bonds. The Balaban J connectivity index is 3.99. The van der Waals surface area contributed by atoms with Gasteiger partial charge in [0.2, 0.25) is 0 Å². The van der Waals surface area contributed by atoms with Crippen molar-refractivity contribution >= 4 is 19.8 Å². The van der Waals surface area contributed by atoms with Crippen LogP contribution in [0.25, 0.3) is 0 Å². The van der Waals surface area contributed by atoms with E-state index in [1.807, 2.05) is 21.1 Å². The van der Waals surface area contributed by atoms with Crippen LogP contribution < -0.4 is 4.89 Å². The summed E-state index contributed by atoms with van der Waals surface area (Å²) in [6.07, 6.45) is 54.3. The van der Waals surface area contributed by atoms with E-state index in [4.69, 9.17) is 18.5 Å². The first kappa shape index (κ1) is 59.7. The van der Waals surface area contributed by atoms with E-state index in [0.717, 1.165) is 70.6 Å². The van der Waals surface area contributed by atoms with E-state index in [9.17, 15) is 19.0 Å². The van der Waals surface area contributed by atoms with E-state index < -0.39 is 26.5 Å². The molecule has 0 radical (unpaired) electrons. The molecule has 0 aliphatic carbocycles. The van der Waals surface area contributed by atoms with Crippen molar-refractivity contribution in [1.82, 2.24) is 0 Å². The summed E-state index contributed by atoms with van der Waals surface area (Å²) >= 11 is 0. The molecule has 0 N–H and O–H groups in total. The van der Waals surface area contributed by atoms with Crippen molar-refractivity contribution in [1.29, 1.82) is 0 Å². The van der Waals surface area contributed by atoms with E-state index in [2.05, 4.69) is 74.6 Å². The zero-order valence-corrected chi connectivity index (χ0v) is 41.4. The fourth-order valence-corrected chi connectivity index (χ4v) is 7.41. The third kappa shape index (κ3) is 47.2. The third-order valence-corrected chi connectivity index (χ3v) is 11.5. The summed E-state index contributed by atoms with van der Waals surface area (Å²) < 4.78 is 33.8. The fourth-order valence-electron chi connectivity index (χ4n) is 6.68. The molecule has 360 valence electrons. The number of phosphoric acid groups is 1. The maximum Gasteiger partial charge on any atom is 0.306 e. The number of phosphoric ester groups is 1. The van der Waals surface area contributed by atoms with E-state index in [1.165, 1.54) is 103 Å². The van der Waals surface area contributed by atoms with Crippen LogP contribution in [-0.4, -0.2) is 70.0 Å². The van der Waals surface area contributed by atoms with Gasteiger partial charge in [0.25, 0.3) is 7.82 Å². The van der Waals surface area contributed by atoms with Crippen molar-refractivity contribution in [2.24, 2.45) is 0 Å². The standard InChI is InChI=1S/C52H94NO8P/c1-6-8-10-12-14-15-16-17-18-19-20-21-22-23-24-25-26-27-28-29-30-31-32-33-34-35-36-37-39-41-43-45-52(55)61-50(49-60-62(56,57)59-47-46-53(3,4)5)48-58-51(54)44-42-40-38-13-11-9-7-2/h8,10,14-15,17-18,20-21,23-24,50H,6-7,9,11-13,16,19,22,25-49H2,1-5H3/b10-8-,15-14-,18-17-,21-20-,24-23-. The summed E-state index contributed by atoms with van der Waals surface area (Å²) in [5.74, 6) is -0.839. The molecule has 0 spiro atoms. The molecule has 0 saturated heterocycles. The lowest BCUT2D eigenvalue weighted by Crippen LogP contribution is -2.37. The van der Waals surface area contributed by atoms with Gasteiger partial charge in [-0.2, -0.15) is 0 Å². The average molecular weight is 892 g/mol. The van der Waals surface area contributed by atoms with Crippen molar-refractivity contribution in [3.05, 3.63) is 60.8 Å². The van der Waals surface area contributed by atoms with Gasteiger partial charge in [0.05, 0.1) is 27.7 Å². The lowest BCUT2D eigenvalue weighted by molar-refractivity contribution is -0.870. The minimum absolute atomic E-state index is 0.0309. The van der Waals surface area contributed by atoms with Gasteiger partial charge in [-0.3, -0.25) is 14.2 Å². The number of nitrogens with zero attached hydrogens (tertiary/aromatic N) is 1. The lowest BCUT2D eigenvalue weighted by atomic mass is 10.0. The molecule has 10 heteroatoms. The molecule has 0 fully saturated rings. The monoisotopic (exact) mass is 892 g/mol. The van der Waals surface area contributed by atoms with E-state index in [1.54, 1.807) is 0 Å². The Kier molecular flexibility index (Phi) is 42.3. The Hall–Kier alpha value is -2.29. The van der Waals surface area contributed by atoms with Crippen molar-refractivity contribution in [2.45, 2.75) is 213 Å². The van der Waals surface area contributed by atoms with Gasteiger partial charge in [0.15, 0.2) is 6.10 Å². The first-order valence-electron chi connectivity index (χ1n) is 25.0. The molecule has 0 aliphatic rings. The van der Waals surface area contributed by atoms with Crippen molar-refractivity contribution in [2.75, 3.05) is 47.5 Å². The Labute approximate surface area is 381 Å². The summed E-state index contributed by atoms with van der Waals surface area (Å²) in [6.45, 7) is 4.07. The normalized spacial score (nSPS) is 14.0. The highest BCUT2D eigenvalue weighted by Crippen LogP contribution is 2.38. The third-order valence-electron chi connectivity index (χ3n) is 10.6. The average Bonchev–Trinajstić information content (AvgIpc) is 3.23. The highest BCUT2D eigenvalue weighted by Gasteiger charge is 2.21. The minimum atomic E-state index is -4.62. The number of unbranched alkanes of at least 4 members (excludes halogenated alkanes) is 21. The van der Waals surface area contributed by atoms with Crippen LogP contribution in [-0.2, 0) is 32.7 Å². The second-order valence-corrected chi connectivity index (χ2v) is 19.2. The molecule has 2 unspecified atom stereocenters. The molecule has 9 nitrogen and oxygen atoms in total. The SMILES string of the molecule is CC/C=C\C/C=C\C/C=C\C/C=C\C/C=C\CCCCCCCCCCCCCCCCCC(=O)OC(COC(=O)CCCCCCCCC)COP(=O)([O-])OCC[N+](C)(C)C. The molecule has 0 aliphatic heterocycles. The van der Waals surface area contributed by atoms with Crippen LogP contribution in [0.4, 0.5) is 0 Å². The fraction of sp³-hybridized carbons (Fsp3) is 0.769. The van der Waals surface area contributed by atoms with Gasteiger partial charge in [-0.25, -0.2) is 0 Å². The number of esters is 2. The molecule has 0 heterocycles. The van der Waals surface area contributed by atoms with Crippen molar-refractivity contribution in [3.63, 3.8) is 0 Å². The van der Waals surface area contributed by atoms with E-state index in [0.29, 0.717) is 17.4 Å². The lowest BCUT2D eigenvalue weighted by Gasteiger charge is -2.28. The van der Waals surface area contributed by atoms with Crippen LogP contribution in [0, 0.1) is 0 Å². The second kappa shape index (κ2) is 43.9. The smallest absolute Gasteiger partial charge is 0.306 e. The van der Waals surface area contributed by atoms with Gasteiger partial charge in [0, 0.05) is 12.8 Å². The highest BCUT2D eigenvalue weighted by atomic mass is 31.2. The first-order valence-corrected chi connectivity index (χ1v) is 26.5. The van der Waals surface area contributed by atoms with Crippen LogP contribution >= 0.6 is 7.82 Å². The first-order chi connectivity index (χ1) is 30.0. The molecule has 2 atom stereocenters. The Morgan fingerprint density at radius 1 is 0.516 bits per heavy atom. The number of hydrogen-bond acceptors (Lipinski definition) is 8. The Morgan fingerprint density at radius 3 is 1.37 bits per heavy atom. The zero-order valence-electron chi connectivity index (χ0n) is 40.6. The number of ether oxygens (including phenoxy) is 2. The van der Waals surface area contributed by atoms with Gasteiger partial charge in [-0.15, -0.1) is 0 Å². The predicted octanol–water partition coefficient (Wildman–Crippen LogP) is 14.2. The van der Waals surface area contributed by atoms with Crippen molar-refractivity contribution in [3.8, 4) is 0 Å². The molecule has 0 bridgehead atoms. The van der Waals surface area contributed by atoms with Crippen LogP contribution in [0.1, 0.15) is 206 Å². The summed E-state index contributed by atoms with van der Waals surface area (Å²) in [5, 5.41) is 0. The van der Waals surface area contributed by atoms with Crippen molar-refractivity contribution < 1.29 is 42.1 Å². The highest BCUT2D eigenvalue weighted by molar-refractivity contribution is 7.45. The quantitative estimate of drug-likeness (QED) is 0.0195. The summed E-state index contributed by atoms with van der Waals surface area (Å²) in [7, 11) is 1.16. The number of likely N-dealkylation sites (N-methyl/N-ethyl adjacent to an activating group) is 1. The minimum Gasteiger partial charge on any atom is -0.756 e. The zero-order chi connectivity index (χ0) is 45.7. The number of quaternary nitrogens is 1. The molecule has 0 aromatic rings. The predicted molar refractivity (Wildman–Crippen MR) is 259 cm³/mol. The topological polar surface area (TPSA) is 111 Å². The number of hydrogen-bond donors (Lipinski definition) is 0. The molecule has 0 saturated carbocycles. The number of carbonyl (C=O) groups excluding carboxylic acids is 2. The largest absolute Gasteiger partial charge is 0.756 e. The number of allylic oxidation sites excluding steroid dienone is 10. The Bertz CT molecular complexity index is 1240. The molecule has 0 aromatic heterocycles. The van der Waals surface area contributed by atoms with E-state index >= 15 is 0 Å². The summed E-state index contributed by atoms with van der Waals surface area (Å²) in [4.78, 5) is 37.4. The van der Waals surface area contributed by atoms with E-state index in [-0.39, 0.29) is 32.0 Å². The van der Waals surface area contributed by atoms with Crippen LogP contribution in [0.2, 0.25) is 0 Å². The van der Waals surface area contributed by atoms with Gasteiger partial charge in [0.1, 0.15) is 19.8 Å². The molecule has 62 heavy (non-hydrogen) atoms. The molecular formula is C52H94NO8P. The van der Waals surface area contributed by atoms with Crippen LogP contribution in [0.15, 0.2) is 60.8 Å². The number of carbonyl (C=O) groups is 2. The summed E-state index contributed by atoms with van der Waals surface area (Å²) in [6, 6.07) is 0. The molecule has 0 rings (SSSR count). The maximum atomic E-state index is 12.7. The van der Waals surface area contributed by atoms with Gasteiger partial charge in [-0.05, 0) is 57.8 Å². The summed E-state index contributed by atoms with van der Waals surface area (Å²) in [5.41, 5.74) is 0. The van der Waals surface area contributed by atoms with Gasteiger partial charge >= 0.3 is 11.9 Å². The molecule has 0 aromatic carbocycles. The molecular weight excluding hydrogens is 798 g/mol. The van der Waals surface area contributed by atoms with Crippen LogP contribution in [0.5, 0.6) is 0 Å². The Morgan fingerprint density at radius 2 is 0.919 bits per heavy atom. The second-order valence-electron chi connectivity index (χ2n) is 17.8. The maximum absolute atomic E-state index is 12.7. The van der Waals surface area contributed by atoms with Crippen LogP contribution in [0.3, 0.4) is 0 Å².